The minimum Gasteiger partial charge on any atom is -0.389 e. The van der Waals surface area contributed by atoms with Gasteiger partial charge in [0, 0.05) is 10.1 Å². The van der Waals surface area contributed by atoms with Gasteiger partial charge in [-0.15, -0.1) is 11.3 Å². The Labute approximate surface area is 108 Å². The second-order valence-corrected chi connectivity index (χ2v) is 3.98. The highest BCUT2D eigenvalue weighted by Crippen LogP contribution is 2.34. The highest BCUT2D eigenvalue weighted by atomic mass is 32.1. The van der Waals surface area contributed by atoms with E-state index in [0.29, 0.717) is 10.6 Å². The fourth-order valence-corrected chi connectivity index (χ4v) is 2.45. The number of thiophene rings is 1. The van der Waals surface area contributed by atoms with Crippen molar-refractivity contribution in [3.8, 4) is 6.07 Å². The summed E-state index contributed by atoms with van der Waals surface area (Å²) in [4.78, 5) is 0. The Morgan fingerprint density at radius 1 is 1.18 bits per heavy atom. The highest BCUT2D eigenvalue weighted by Gasteiger charge is 2.10. The van der Waals surface area contributed by atoms with E-state index < -0.39 is 0 Å². The maximum Gasteiger partial charge on any atom is 0.105 e. The van der Waals surface area contributed by atoms with Gasteiger partial charge in [-0.25, -0.2) is 0 Å². The summed E-state index contributed by atoms with van der Waals surface area (Å²) in [6.07, 6.45) is 0. The topological polar surface area (TPSA) is 49.8 Å². The Kier molecular flexibility index (Phi) is 7.00. The summed E-state index contributed by atoms with van der Waals surface area (Å²) in [6, 6.07) is 8.11. The third-order valence-electron chi connectivity index (χ3n) is 2.06. The number of nitrogen functional groups attached to an aromatic ring is 1. The van der Waals surface area contributed by atoms with Gasteiger partial charge in [0.2, 0.25) is 0 Å². The first-order chi connectivity index (χ1) is 8.24. The van der Waals surface area contributed by atoms with Crippen LogP contribution in [-0.2, 0) is 0 Å². The van der Waals surface area contributed by atoms with E-state index in [4.69, 9.17) is 11.0 Å². The monoisotopic (exact) mass is 248 g/mol. The molecule has 0 aliphatic carbocycles. The zero-order chi connectivity index (χ0) is 13.4. The minimum atomic E-state index is 0.617. The van der Waals surface area contributed by atoms with Crippen LogP contribution >= 0.6 is 11.3 Å². The number of nitrogens with zero attached hydrogens (tertiary/aromatic N) is 1. The third kappa shape index (κ3) is 3.21. The zero-order valence-electron chi connectivity index (χ0n) is 11.2. The maximum absolute atomic E-state index is 8.91. The summed E-state index contributed by atoms with van der Waals surface area (Å²) < 4.78 is 1.09. The van der Waals surface area contributed by atoms with Gasteiger partial charge in [-0.2, -0.15) is 5.26 Å². The van der Waals surface area contributed by atoms with Crippen molar-refractivity contribution in [2.24, 2.45) is 0 Å². The summed E-state index contributed by atoms with van der Waals surface area (Å²) >= 11 is 1.47. The molecule has 92 valence electrons. The van der Waals surface area contributed by atoms with E-state index in [1.807, 2.05) is 52.8 Å². The van der Waals surface area contributed by atoms with E-state index in [9.17, 15) is 0 Å². The standard InChI is InChI=1S/C10H8N2S.2C2H6/c1-6-3-2-4-8-9(6)7(5-11)10(12)13-8;2*1-2/h2-4H,12H2,1H3;2*1-2H3. The van der Waals surface area contributed by atoms with Crippen LogP contribution in [0.2, 0.25) is 0 Å². The molecule has 2 rings (SSSR count). The Bertz CT molecular complexity index is 507. The van der Waals surface area contributed by atoms with Crippen LogP contribution in [0.3, 0.4) is 0 Å². The summed E-state index contributed by atoms with van der Waals surface area (Å²) in [5.74, 6) is 0. The lowest BCUT2D eigenvalue weighted by Gasteiger charge is -1.94. The van der Waals surface area contributed by atoms with Gasteiger partial charge >= 0.3 is 0 Å². The molecular formula is C14H20N2S. The summed E-state index contributed by atoms with van der Waals surface area (Å²) in [7, 11) is 0. The average Bonchev–Trinajstić information content (AvgIpc) is 2.71. The molecule has 0 aliphatic rings. The molecule has 0 bridgehead atoms. The van der Waals surface area contributed by atoms with Crippen LogP contribution in [0.4, 0.5) is 5.00 Å². The van der Waals surface area contributed by atoms with Crippen molar-refractivity contribution in [1.82, 2.24) is 0 Å². The maximum atomic E-state index is 8.91. The van der Waals surface area contributed by atoms with Crippen LogP contribution in [0.25, 0.3) is 10.1 Å². The lowest BCUT2D eigenvalue weighted by molar-refractivity contribution is 1.49. The number of hydrogen-bond donors (Lipinski definition) is 1. The first-order valence-electron chi connectivity index (χ1n) is 5.91. The van der Waals surface area contributed by atoms with Gasteiger partial charge < -0.3 is 5.73 Å². The summed E-state index contributed by atoms with van der Waals surface area (Å²) in [6.45, 7) is 10.00. The lowest BCUT2D eigenvalue weighted by Crippen LogP contribution is -1.83. The van der Waals surface area contributed by atoms with Crippen LogP contribution in [0.5, 0.6) is 0 Å². The molecule has 1 heterocycles. The number of nitrogens with two attached hydrogens (primary N) is 1. The highest BCUT2D eigenvalue weighted by molar-refractivity contribution is 7.23. The fourth-order valence-electron chi connectivity index (χ4n) is 1.45. The molecule has 3 heteroatoms. The van der Waals surface area contributed by atoms with E-state index in [-0.39, 0.29) is 0 Å². The van der Waals surface area contributed by atoms with Gasteiger partial charge in [-0.1, -0.05) is 39.8 Å². The van der Waals surface area contributed by atoms with Crippen LogP contribution in [0.15, 0.2) is 18.2 Å². The number of nitriles is 1. The Morgan fingerprint density at radius 2 is 1.76 bits per heavy atom. The van der Waals surface area contributed by atoms with Gasteiger partial charge in [0.1, 0.15) is 11.1 Å². The third-order valence-corrected chi connectivity index (χ3v) is 3.05. The average molecular weight is 248 g/mol. The van der Waals surface area contributed by atoms with E-state index in [2.05, 4.69) is 6.07 Å². The van der Waals surface area contributed by atoms with Crippen molar-refractivity contribution in [1.29, 1.82) is 5.26 Å². The predicted molar refractivity (Wildman–Crippen MR) is 78.4 cm³/mol. The second kappa shape index (κ2) is 7.70. The number of rotatable bonds is 0. The van der Waals surface area contributed by atoms with Gasteiger partial charge in [0.15, 0.2) is 0 Å². The number of aryl methyl sites for hydroxylation is 1. The molecule has 2 aromatic rings. The van der Waals surface area contributed by atoms with Gasteiger partial charge in [-0.3, -0.25) is 0 Å². The van der Waals surface area contributed by atoms with Gasteiger partial charge in [-0.05, 0) is 18.6 Å². The van der Waals surface area contributed by atoms with E-state index >= 15 is 0 Å². The lowest BCUT2D eigenvalue weighted by atomic mass is 10.1. The Balaban J connectivity index is 0.000000581. The molecule has 0 fully saturated rings. The van der Waals surface area contributed by atoms with Crippen LogP contribution < -0.4 is 5.73 Å². The van der Waals surface area contributed by atoms with Crippen molar-refractivity contribution in [2.45, 2.75) is 34.6 Å². The van der Waals surface area contributed by atoms with Crippen molar-refractivity contribution in [2.75, 3.05) is 5.73 Å². The largest absolute Gasteiger partial charge is 0.389 e. The smallest absolute Gasteiger partial charge is 0.105 e. The SMILES string of the molecule is CC.CC.Cc1cccc2sc(N)c(C#N)c12. The van der Waals surface area contributed by atoms with Crippen LogP contribution in [-0.4, -0.2) is 0 Å². The Morgan fingerprint density at radius 3 is 2.29 bits per heavy atom. The molecule has 0 saturated carbocycles. The van der Waals surface area contributed by atoms with Crippen LogP contribution in [0, 0.1) is 18.3 Å². The first kappa shape index (κ1) is 15.5. The molecule has 1 aromatic carbocycles. The second-order valence-electron chi connectivity index (χ2n) is 2.90. The number of hydrogen-bond acceptors (Lipinski definition) is 3. The van der Waals surface area contributed by atoms with Crippen molar-refractivity contribution in [3.05, 3.63) is 29.3 Å². The van der Waals surface area contributed by atoms with Gasteiger partial charge in [0.05, 0.1) is 5.56 Å². The predicted octanol–water partition coefficient (Wildman–Crippen LogP) is 4.72. The molecule has 0 radical (unpaired) electrons. The van der Waals surface area contributed by atoms with E-state index in [0.717, 1.165) is 15.6 Å². The first-order valence-corrected chi connectivity index (χ1v) is 6.73. The molecule has 17 heavy (non-hydrogen) atoms. The molecule has 0 saturated heterocycles. The molecule has 0 amide bonds. The molecule has 2 N–H and O–H groups in total. The molecule has 2 nitrogen and oxygen atoms in total. The molecular weight excluding hydrogens is 228 g/mol. The molecule has 0 spiro atoms. The molecule has 1 aromatic heterocycles. The van der Waals surface area contributed by atoms with Crippen molar-refractivity contribution < 1.29 is 0 Å². The quantitative estimate of drug-likeness (QED) is 0.733. The summed E-state index contributed by atoms with van der Waals surface area (Å²) in [5, 5.41) is 10.5. The van der Waals surface area contributed by atoms with Crippen molar-refractivity contribution in [3.63, 3.8) is 0 Å². The van der Waals surface area contributed by atoms with Gasteiger partial charge in [0.25, 0.3) is 0 Å². The Hall–Kier alpha value is -1.53. The molecule has 0 atom stereocenters. The normalized spacial score (nSPS) is 8.47. The zero-order valence-corrected chi connectivity index (χ0v) is 12.0. The number of fused-ring (bicyclic) bond motifs is 1. The van der Waals surface area contributed by atoms with E-state index in [1.54, 1.807) is 0 Å². The minimum absolute atomic E-state index is 0.617. The van der Waals surface area contributed by atoms with Crippen molar-refractivity contribution >= 4 is 26.4 Å². The number of benzene rings is 1. The summed E-state index contributed by atoms with van der Waals surface area (Å²) in [5.41, 5.74) is 7.46. The van der Waals surface area contributed by atoms with E-state index in [1.165, 1.54) is 11.3 Å². The molecule has 0 aliphatic heterocycles. The fraction of sp³-hybridized carbons (Fsp3) is 0.357. The molecule has 0 unspecified atom stereocenters. The number of anilines is 1. The van der Waals surface area contributed by atoms with Crippen LogP contribution in [0.1, 0.15) is 38.8 Å².